The second-order valence-electron chi connectivity index (χ2n) is 4.33. The van der Waals surface area contributed by atoms with Crippen molar-refractivity contribution in [1.82, 2.24) is 4.90 Å². The molecule has 3 rings (SSSR count). The molecule has 0 aliphatic carbocycles. The highest BCUT2D eigenvalue weighted by Crippen LogP contribution is 2.23. The lowest BCUT2D eigenvalue weighted by Gasteiger charge is -2.26. The Kier molecular flexibility index (Phi) is 2.85. The summed E-state index contributed by atoms with van der Waals surface area (Å²) < 4.78 is 10.7. The normalized spacial score (nSPS) is 23.3. The van der Waals surface area contributed by atoms with Crippen LogP contribution < -0.4 is 0 Å². The average Bonchev–Trinajstić information content (AvgIpc) is 2.66. The highest BCUT2D eigenvalue weighted by molar-refractivity contribution is 6.21. The van der Waals surface area contributed by atoms with Crippen molar-refractivity contribution in [3.8, 4) is 0 Å². The molecule has 1 fully saturated rings. The van der Waals surface area contributed by atoms with E-state index in [0.29, 0.717) is 30.9 Å². The van der Waals surface area contributed by atoms with Crippen LogP contribution in [0, 0.1) is 0 Å². The smallest absolute Gasteiger partial charge is 0.261 e. The Morgan fingerprint density at radius 3 is 2.33 bits per heavy atom. The Balaban J connectivity index is 1.79. The quantitative estimate of drug-likeness (QED) is 0.722. The van der Waals surface area contributed by atoms with Gasteiger partial charge in [0.2, 0.25) is 0 Å². The maximum atomic E-state index is 12.1. The SMILES string of the molecule is O=C1c2ccccc2C(=O)N1CC1COCCO1. The van der Waals surface area contributed by atoms with Crippen molar-refractivity contribution < 1.29 is 19.1 Å². The number of rotatable bonds is 2. The molecule has 1 saturated heterocycles. The summed E-state index contributed by atoms with van der Waals surface area (Å²) in [4.78, 5) is 25.4. The van der Waals surface area contributed by atoms with Crippen LogP contribution in [0.1, 0.15) is 20.7 Å². The van der Waals surface area contributed by atoms with Crippen molar-refractivity contribution in [2.24, 2.45) is 0 Å². The summed E-state index contributed by atoms with van der Waals surface area (Å²) in [7, 11) is 0. The zero-order valence-electron chi connectivity index (χ0n) is 9.80. The van der Waals surface area contributed by atoms with Crippen LogP contribution in [0.2, 0.25) is 0 Å². The molecule has 0 spiro atoms. The van der Waals surface area contributed by atoms with Crippen LogP contribution >= 0.6 is 0 Å². The number of benzene rings is 1. The number of carbonyl (C=O) groups excluding carboxylic acids is 2. The first-order valence-electron chi connectivity index (χ1n) is 5.92. The van der Waals surface area contributed by atoms with Crippen molar-refractivity contribution in [2.45, 2.75) is 6.10 Å². The molecule has 0 radical (unpaired) electrons. The van der Waals surface area contributed by atoms with Crippen LogP contribution in [0.3, 0.4) is 0 Å². The summed E-state index contributed by atoms with van der Waals surface area (Å²) in [5, 5.41) is 0. The first kappa shape index (κ1) is 11.4. The number of hydrogen-bond donors (Lipinski definition) is 0. The van der Waals surface area contributed by atoms with Gasteiger partial charge in [0.25, 0.3) is 11.8 Å². The number of amides is 2. The van der Waals surface area contributed by atoms with Gasteiger partial charge in [-0.3, -0.25) is 14.5 Å². The molecule has 1 atom stereocenters. The van der Waals surface area contributed by atoms with Crippen LogP contribution in [0.15, 0.2) is 24.3 Å². The van der Waals surface area contributed by atoms with Crippen molar-refractivity contribution >= 4 is 11.8 Å². The molecular formula is C13H13NO4. The Hall–Kier alpha value is -1.72. The molecule has 2 amide bonds. The molecule has 1 aromatic carbocycles. The van der Waals surface area contributed by atoms with E-state index in [1.807, 2.05) is 0 Å². The number of imide groups is 1. The molecule has 5 nitrogen and oxygen atoms in total. The zero-order valence-corrected chi connectivity index (χ0v) is 9.80. The molecule has 0 saturated carbocycles. The first-order valence-corrected chi connectivity index (χ1v) is 5.92. The molecule has 94 valence electrons. The molecule has 2 aliphatic rings. The van der Waals surface area contributed by atoms with Crippen LogP contribution in [-0.2, 0) is 9.47 Å². The van der Waals surface area contributed by atoms with Crippen LogP contribution in [-0.4, -0.2) is 49.2 Å². The van der Waals surface area contributed by atoms with E-state index in [1.54, 1.807) is 24.3 Å². The minimum Gasteiger partial charge on any atom is -0.376 e. The van der Waals surface area contributed by atoms with Crippen molar-refractivity contribution in [2.75, 3.05) is 26.4 Å². The lowest BCUT2D eigenvalue weighted by Crippen LogP contribution is -2.42. The lowest BCUT2D eigenvalue weighted by atomic mass is 10.1. The molecule has 0 N–H and O–H groups in total. The third kappa shape index (κ3) is 1.81. The van der Waals surface area contributed by atoms with E-state index in [9.17, 15) is 9.59 Å². The molecular weight excluding hydrogens is 234 g/mol. The van der Waals surface area contributed by atoms with Gasteiger partial charge < -0.3 is 9.47 Å². The summed E-state index contributed by atoms with van der Waals surface area (Å²) in [5.41, 5.74) is 0.943. The summed E-state index contributed by atoms with van der Waals surface area (Å²) in [6.07, 6.45) is -0.221. The lowest BCUT2D eigenvalue weighted by molar-refractivity contribution is -0.0923. The Morgan fingerprint density at radius 1 is 1.11 bits per heavy atom. The fraction of sp³-hybridized carbons (Fsp3) is 0.385. The van der Waals surface area contributed by atoms with E-state index in [2.05, 4.69) is 0 Å². The van der Waals surface area contributed by atoms with Crippen LogP contribution in [0.5, 0.6) is 0 Å². The van der Waals surface area contributed by atoms with Gasteiger partial charge in [-0.2, -0.15) is 0 Å². The van der Waals surface area contributed by atoms with E-state index < -0.39 is 0 Å². The molecule has 5 heteroatoms. The number of hydrogen-bond acceptors (Lipinski definition) is 4. The van der Waals surface area contributed by atoms with Crippen molar-refractivity contribution in [1.29, 1.82) is 0 Å². The number of nitrogens with zero attached hydrogens (tertiary/aromatic N) is 1. The highest BCUT2D eigenvalue weighted by Gasteiger charge is 2.36. The monoisotopic (exact) mass is 247 g/mol. The number of carbonyl (C=O) groups is 2. The molecule has 2 aliphatic heterocycles. The van der Waals surface area contributed by atoms with Gasteiger partial charge >= 0.3 is 0 Å². The summed E-state index contributed by atoms with van der Waals surface area (Å²) in [6.45, 7) is 1.76. The van der Waals surface area contributed by atoms with Gasteiger partial charge in [-0.15, -0.1) is 0 Å². The van der Waals surface area contributed by atoms with E-state index >= 15 is 0 Å². The second-order valence-corrected chi connectivity index (χ2v) is 4.33. The zero-order chi connectivity index (χ0) is 12.5. The fourth-order valence-electron chi connectivity index (χ4n) is 2.25. The number of ether oxygens (including phenoxy) is 2. The van der Waals surface area contributed by atoms with E-state index in [-0.39, 0.29) is 24.5 Å². The Morgan fingerprint density at radius 2 is 1.78 bits per heavy atom. The average molecular weight is 247 g/mol. The highest BCUT2D eigenvalue weighted by atomic mass is 16.6. The van der Waals surface area contributed by atoms with Gasteiger partial charge in [0.15, 0.2) is 0 Å². The molecule has 18 heavy (non-hydrogen) atoms. The van der Waals surface area contributed by atoms with Gasteiger partial charge in [-0.1, -0.05) is 12.1 Å². The first-order chi connectivity index (χ1) is 8.77. The second kappa shape index (κ2) is 4.51. The predicted octanol–water partition coefficient (Wildman–Crippen LogP) is 0.698. The summed E-state index contributed by atoms with van der Waals surface area (Å²) >= 11 is 0. The minimum atomic E-state index is -0.246. The molecule has 0 aromatic heterocycles. The van der Waals surface area contributed by atoms with Gasteiger partial charge in [0.05, 0.1) is 43.6 Å². The Labute approximate surface area is 104 Å². The summed E-state index contributed by atoms with van der Waals surface area (Å²) in [6, 6.07) is 6.86. The minimum absolute atomic E-state index is 0.221. The van der Waals surface area contributed by atoms with E-state index in [1.165, 1.54) is 4.90 Å². The molecule has 0 bridgehead atoms. The maximum absolute atomic E-state index is 12.1. The summed E-state index contributed by atoms with van der Waals surface area (Å²) in [5.74, 6) is -0.491. The van der Waals surface area contributed by atoms with Gasteiger partial charge in [0.1, 0.15) is 0 Å². The third-order valence-electron chi connectivity index (χ3n) is 3.15. The van der Waals surface area contributed by atoms with Gasteiger partial charge in [-0.05, 0) is 12.1 Å². The van der Waals surface area contributed by atoms with E-state index in [0.717, 1.165) is 0 Å². The third-order valence-corrected chi connectivity index (χ3v) is 3.15. The molecule has 1 aromatic rings. The van der Waals surface area contributed by atoms with Gasteiger partial charge in [-0.25, -0.2) is 0 Å². The molecule has 2 heterocycles. The fourth-order valence-corrected chi connectivity index (χ4v) is 2.25. The largest absolute Gasteiger partial charge is 0.376 e. The van der Waals surface area contributed by atoms with E-state index in [4.69, 9.17) is 9.47 Å². The van der Waals surface area contributed by atoms with Crippen LogP contribution in [0.25, 0.3) is 0 Å². The molecule has 1 unspecified atom stereocenters. The topological polar surface area (TPSA) is 55.8 Å². The standard InChI is InChI=1S/C13H13NO4/c15-12-10-3-1-2-4-11(10)13(16)14(12)7-9-8-17-5-6-18-9/h1-4,9H,5-8H2. The number of fused-ring (bicyclic) bond motifs is 1. The van der Waals surface area contributed by atoms with Crippen molar-refractivity contribution in [3.63, 3.8) is 0 Å². The maximum Gasteiger partial charge on any atom is 0.261 e. The van der Waals surface area contributed by atoms with Crippen LogP contribution in [0.4, 0.5) is 0 Å². The van der Waals surface area contributed by atoms with Gasteiger partial charge in [0, 0.05) is 0 Å². The van der Waals surface area contributed by atoms with Crippen molar-refractivity contribution in [3.05, 3.63) is 35.4 Å². The Bertz CT molecular complexity index is 459. The predicted molar refractivity (Wildman–Crippen MR) is 62.4 cm³/mol.